The summed E-state index contributed by atoms with van der Waals surface area (Å²) in [5.41, 5.74) is 0.430. The number of unbranched alkanes of at least 4 members (excludes halogenated alkanes) is 4. The fourth-order valence-electron chi connectivity index (χ4n) is 1.42. The Balaban J connectivity index is 3.88. The summed E-state index contributed by atoms with van der Waals surface area (Å²) in [5.74, 6) is -1.17. The molecule has 0 spiro atoms. The molecule has 0 aromatic rings. The molecule has 0 aliphatic carbocycles. The molecule has 0 fully saturated rings. The van der Waals surface area contributed by atoms with Gasteiger partial charge in [0.1, 0.15) is 0 Å². The summed E-state index contributed by atoms with van der Waals surface area (Å²) in [7, 11) is 0. The van der Waals surface area contributed by atoms with Gasteiger partial charge < -0.3 is 5.11 Å². The predicted molar refractivity (Wildman–Crippen MR) is 59.8 cm³/mol. The van der Waals surface area contributed by atoms with Crippen LogP contribution >= 0.6 is 0 Å². The van der Waals surface area contributed by atoms with Crippen molar-refractivity contribution in [3.63, 3.8) is 0 Å². The lowest BCUT2D eigenvalue weighted by Gasteiger charge is -2.02. The molecule has 0 unspecified atom stereocenters. The second-order valence-electron chi connectivity index (χ2n) is 3.73. The van der Waals surface area contributed by atoms with Crippen LogP contribution in [0.3, 0.4) is 0 Å². The van der Waals surface area contributed by atoms with Crippen LogP contribution in [0.25, 0.3) is 0 Å². The van der Waals surface area contributed by atoms with Gasteiger partial charge in [-0.15, -0.1) is 0 Å². The summed E-state index contributed by atoms with van der Waals surface area (Å²) in [4.78, 5) is 21.5. The lowest BCUT2D eigenvalue weighted by molar-refractivity contribution is -0.131. The number of ketones is 1. The summed E-state index contributed by atoms with van der Waals surface area (Å²) in [6, 6.07) is 0. The van der Waals surface area contributed by atoms with Gasteiger partial charge in [-0.1, -0.05) is 32.6 Å². The maximum Gasteiger partial charge on any atom is 0.328 e. The molecular weight excluding hydrogens is 192 g/mol. The molecule has 0 atom stereocenters. The Morgan fingerprint density at radius 3 is 2.20 bits per heavy atom. The van der Waals surface area contributed by atoms with Crippen LogP contribution in [0.5, 0.6) is 0 Å². The molecule has 3 nitrogen and oxygen atoms in total. The molecule has 86 valence electrons. The van der Waals surface area contributed by atoms with Gasteiger partial charge in [0.15, 0.2) is 5.78 Å². The molecule has 0 aliphatic heterocycles. The van der Waals surface area contributed by atoms with Gasteiger partial charge in [-0.05, 0) is 19.8 Å². The van der Waals surface area contributed by atoms with Crippen LogP contribution in [0.4, 0.5) is 0 Å². The number of aliphatic carboxylic acids is 1. The third-order valence-electron chi connectivity index (χ3n) is 2.30. The van der Waals surface area contributed by atoms with Crippen molar-refractivity contribution in [2.24, 2.45) is 0 Å². The standard InChI is InChI=1S/C12H20O3/c1-3-4-5-6-7-8-11(10(2)13)9-12(14)15/h9H,3-8H2,1-2H3,(H,14,15). The van der Waals surface area contributed by atoms with E-state index in [2.05, 4.69) is 6.92 Å². The number of carboxylic acids is 1. The molecule has 0 aromatic carbocycles. The highest BCUT2D eigenvalue weighted by molar-refractivity contribution is 5.98. The second-order valence-corrected chi connectivity index (χ2v) is 3.73. The lowest BCUT2D eigenvalue weighted by Crippen LogP contribution is -2.01. The van der Waals surface area contributed by atoms with Gasteiger partial charge in [-0.25, -0.2) is 4.79 Å². The van der Waals surface area contributed by atoms with Crippen molar-refractivity contribution in [1.82, 2.24) is 0 Å². The molecule has 0 saturated heterocycles. The SMILES string of the molecule is CCCCCCCC(=CC(=O)O)C(C)=O. The number of carbonyl (C=O) groups is 2. The van der Waals surface area contributed by atoms with Crippen molar-refractivity contribution in [3.8, 4) is 0 Å². The number of carbonyl (C=O) groups excluding carboxylic acids is 1. The molecular formula is C12H20O3. The van der Waals surface area contributed by atoms with E-state index in [0.717, 1.165) is 25.3 Å². The Morgan fingerprint density at radius 1 is 1.13 bits per heavy atom. The first kappa shape index (κ1) is 13.9. The fraction of sp³-hybridized carbons (Fsp3) is 0.667. The van der Waals surface area contributed by atoms with Crippen LogP contribution < -0.4 is 0 Å². The first-order valence-corrected chi connectivity index (χ1v) is 5.52. The van der Waals surface area contributed by atoms with Crippen LogP contribution in [-0.2, 0) is 9.59 Å². The molecule has 0 heterocycles. The number of allylic oxidation sites excluding steroid dienone is 1. The summed E-state index contributed by atoms with van der Waals surface area (Å²) < 4.78 is 0. The number of hydrogen-bond donors (Lipinski definition) is 1. The Hall–Kier alpha value is -1.12. The van der Waals surface area contributed by atoms with Crippen LogP contribution in [0.2, 0.25) is 0 Å². The highest BCUT2D eigenvalue weighted by atomic mass is 16.4. The second kappa shape index (κ2) is 8.21. The average Bonchev–Trinajstić information content (AvgIpc) is 2.15. The molecule has 0 bridgehead atoms. The van der Waals surface area contributed by atoms with Crippen molar-refractivity contribution in [2.75, 3.05) is 0 Å². The Labute approximate surface area is 91.2 Å². The van der Waals surface area contributed by atoms with Crippen molar-refractivity contribution in [2.45, 2.75) is 52.4 Å². The molecule has 0 aromatic heterocycles. The van der Waals surface area contributed by atoms with Gasteiger partial charge in [-0.2, -0.15) is 0 Å². The summed E-state index contributed by atoms with van der Waals surface area (Å²) >= 11 is 0. The van der Waals surface area contributed by atoms with Crippen molar-refractivity contribution in [1.29, 1.82) is 0 Å². The minimum absolute atomic E-state index is 0.132. The van der Waals surface area contributed by atoms with Crippen molar-refractivity contribution in [3.05, 3.63) is 11.6 Å². The molecule has 0 radical (unpaired) electrons. The summed E-state index contributed by atoms with van der Waals surface area (Å²) in [6.07, 6.45) is 7.14. The average molecular weight is 212 g/mol. The van der Waals surface area contributed by atoms with E-state index in [4.69, 9.17) is 5.11 Å². The number of hydrogen-bond acceptors (Lipinski definition) is 2. The first-order valence-electron chi connectivity index (χ1n) is 5.52. The van der Waals surface area contributed by atoms with E-state index in [0.29, 0.717) is 12.0 Å². The van der Waals surface area contributed by atoms with Crippen molar-refractivity contribution >= 4 is 11.8 Å². The first-order chi connectivity index (χ1) is 7.07. The van der Waals surface area contributed by atoms with E-state index < -0.39 is 5.97 Å². The lowest BCUT2D eigenvalue weighted by atomic mass is 10.0. The molecule has 1 N–H and O–H groups in total. The van der Waals surface area contributed by atoms with Crippen LogP contribution in [0.15, 0.2) is 11.6 Å². The van der Waals surface area contributed by atoms with Gasteiger partial charge in [0.05, 0.1) is 0 Å². The van der Waals surface area contributed by atoms with E-state index in [9.17, 15) is 9.59 Å². The highest BCUT2D eigenvalue weighted by Crippen LogP contribution is 2.11. The quantitative estimate of drug-likeness (QED) is 0.497. The third-order valence-corrected chi connectivity index (χ3v) is 2.30. The predicted octanol–water partition coefficient (Wildman–Crippen LogP) is 2.95. The maximum absolute atomic E-state index is 11.1. The molecule has 15 heavy (non-hydrogen) atoms. The van der Waals surface area contributed by atoms with E-state index in [1.165, 1.54) is 19.8 Å². The fourth-order valence-corrected chi connectivity index (χ4v) is 1.42. The number of Topliss-reactive ketones (excluding diaryl/α,β-unsaturated/α-hetero) is 1. The minimum atomic E-state index is -1.03. The molecule has 0 rings (SSSR count). The van der Waals surface area contributed by atoms with Gasteiger partial charge in [-0.3, -0.25) is 4.79 Å². The normalized spacial score (nSPS) is 11.5. The van der Waals surface area contributed by atoms with Gasteiger partial charge in [0.25, 0.3) is 0 Å². The Kier molecular flexibility index (Phi) is 7.60. The summed E-state index contributed by atoms with van der Waals surface area (Å²) in [6.45, 7) is 3.56. The van der Waals surface area contributed by atoms with Gasteiger partial charge in [0.2, 0.25) is 0 Å². The van der Waals surface area contributed by atoms with E-state index in [1.54, 1.807) is 0 Å². The molecule has 3 heteroatoms. The monoisotopic (exact) mass is 212 g/mol. The van der Waals surface area contributed by atoms with Gasteiger partial charge in [0, 0.05) is 11.6 Å². The molecule has 0 amide bonds. The Morgan fingerprint density at radius 2 is 1.73 bits per heavy atom. The largest absolute Gasteiger partial charge is 0.478 e. The summed E-state index contributed by atoms with van der Waals surface area (Å²) in [5, 5.41) is 8.54. The van der Waals surface area contributed by atoms with Crippen molar-refractivity contribution < 1.29 is 14.7 Å². The zero-order valence-electron chi connectivity index (χ0n) is 9.58. The maximum atomic E-state index is 11.1. The third kappa shape index (κ3) is 7.91. The highest BCUT2D eigenvalue weighted by Gasteiger charge is 2.05. The Bertz CT molecular complexity index is 241. The number of carboxylic acid groups (broad SMARTS) is 1. The van der Waals surface area contributed by atoms with Crippen LogP contribution in [0, 0.1) is 0 Å². The zero-order valence-corrected chi connectivity index (χ0v) is 9.58. The van der Waals surface area contributed by atoms with Crippen LogP contribution in [-0.4, -0.2) is 16.9 Å². The zero-order chi connectivity index (χ0) is 11.7. The van der Waals surface area contributed by atoms with E-state index >= 15 is 0 Å². The van der Waals surface area contributed by atoms with E-state index in [1.807, 2.05) is 0 Å². The topological polar surface area (TPSA) is 54.4 Å². The number of rotatable bonds is 8. The molecule has 0 saturated carbocycles. The minimum Gasteiger partial charge on any atom is -0.478 e. The molecule has 0 aliphatic rings. The smallest absolute Gasteiger partial charge is 0.328 e. The van der Waals surface area contributed by atoms with Crippen LogP contribution in [0.1, 0.15) is 52.4 Å². The van der Waals surface area contributed by atoms with Gasteiger partial charge >= 0.3 is 5.97 Å². The van der Waals surface area contributed by atoms with E-state index in [-0.39, 0.29) is 5.78 Å².